The second-order valence-corrected chi connectivity index (χ2v) is 6.57. The minimum absolute atomic E-state index is 0.686. The molecule has 128 valence electrons. The molecule has 0 N–H and O–H groups in total. The molecule has 0 aliphatic carbocycles. The smallest absolute Gasteiger partial charge is 0.128 e. The highest BCUT2D eigenvalue weighted by Gasteiger charge is 2.17. The number of anilines is 1. The van der Waals surface area contributed by atoms with Gasteiger partial charge in [-0.2, -0.15) is 0 Å². The van der Waals surface area contributed by atoms with E-state index < -0.39 is 0 Å². The van der Waals surface area contributed by atoms with Crippen molar-refractivity contribution in [2.75, 3.05) is 44.2 Å². The third-order valence-electron chi connectivity index (χ3n) is 4.38. The number of halogens is 1. The van der Waals surface area contributed by atoms with E-state index in [9.17, 15) is 0 Å². The normalized spacial score (nSPS) is 15.5. The highest BCUT2D eigenvalue weighted by molar-refractivity contribution is 6.30. The van der Waals surface area contributed by atoms with Crippen LogP contribution in [0.2, 0.25) is 5.02 Å². The molecule has 2 heterocycles. The Balaban J connectivity index is 1.37. The highest BCUT2D eigenvalue weighted by Crippen LogP contribution is 2.17. The first-order valence-corrected chi connectivity index (χ1v) is 8.87. The van der Waals surface area contributed by atoms with Gasteiger partial charge in [0.05, 0.1) is 11.6 Å². The average Bonchev–Trinajstić information content (AvgIpc) is 2.61. The van der Waals surface area contributed by atoms with E-state index in [4.69, 9.17) is 16.3 Å². The molecule has 0 bridgehead atoms. The molecule has 24 heavy (non-hydrogen) atoms. The van der Waals surface area contributed by atoms with Crippen LogP contribution < -0.4 is 9.64 Å². The zero-order valence-electron chi connectivity index (χ0n) is 14.1. The molecular formula is C19H24ClN3O. The van der Waals surface area contributed by atoms with Crippen LogP contribution >= 0.6 is 11.6 Å². The molecule has 0 atom stereocenters. The molecule has 1 aliphatic heterocycles. The van der Waals surface area contributed by atoms with Crippen LogP contribution in [0.3, 0.4) is 0 Å². The quantitative estimate of drug-likeness (QED) is 0.747. The van der Waals surface area contributed by atoms with Crippen molar-refractivity contribution in [1.29, 1.82) is 0 Å². The van der Waals surface area contributed by atoms with Gasteiger partial charge in [-0.15, -0.1) is 0 Å². The molecule has 1 aromatic heterocycles. The largest absolute Gasteiger partial charge is 0.493 e. The monoisotopic (exact) mass is 345 g/mol. The average molecular weight is 346 g/mol. The van der Waals surface area contributed by atoms with Crippen LogP contribution in [0.5, 0.6) is 5.75 Å². The lowest BCUT2D eigenvalue weighted by atomic mass is 10.2. The number of pyridine rings is 1. The summed E-state index contributed by atoms with van der Waals surface area (Å²) in [6.07, 6.45) is 2.76. The van der Waals surface area contributed by atoms with Crippen LogP contribution in [-0.2, 0) is 0 Å². The van der Waals surface area contributed by atoms with Crippen molar-refractivity contribution in [3.63, 3.8) is 0 Å². The van der Waals surface area contributed by atoms with E-state index in [1.165, 1.54) is 5.56 Å². The van der Waals surface area contributed by atoms with Crippen LogP contribution in [0.25, 0.3) is 0 Å². The summed E-state index contributed by atoms with van der Waals surface area (Å²) in [7, 11) is 0. The van der Waals surface area contributed by atoms with E-state index in [2.05, 4.69) is 27.8 Å². The molecule has 1 fully saturated rings. The summed E-state index contributed by atoms with van der Waals surface area (Å²) in [6.45, 7) is 8.07. The third-order valence-corrected chi connectivity index (χ3v) is 4.60. The van der Waals surface area contributed by atoms with E-state index in [0.29, 0.717) is 5.02 Å². The molecule has 1 aliphatic rings. The van der Waals surface area contributed by atoms with Gasteiger partial charge in [-0.25, -0.2) is 4.98 Å². The number of aromatic nitrogens is 1. The Kier molecular flexibility index (Phi) is 5.94. The molecule has 1 aromatic carbocycles. The Morgan fingerprint density at radius 2 is 1.88 bits per heavy atom. The van der Waals surface area contributed by atoms with Crippen molar-refractivity contribution in [2.24, 2.45) is 0 Å². The number of piperazine rings is 1. The van der Waals surface area contributed by atoms with Crippen LogP contribution in [-0.4, -0.2) is 49.2 Å². The zero-order chi connectivity index (χ0) is 16.8. The molecule has 4 nitrogen and oxygen atoms in total. The molecule has 0 amide bonds. The Labute approximate surface area is 149 Å². The van der Waals surface area contributed by atoms with E-state index in [0.717, 1.165) is 57.3 Å². The summed E-state index contributed by atoms with van der Waals surface area (Å²) in [4.78, 5) is 9.21. The SMILES string of the molecule is Cc1ccccc1OCCCN1CCN(c2ccc(Cl)cn2)CC1. The second kappa shape index (κ2) is 8.36. The standard InChI is InChI=1S/C19H24ClN3O/c1-16-5-2-3-6-18(16)24-14-4-9-22-10-12-23(13-11-22)19-8-7-17(20)15-21-19/h2-3,5-8,15H,4,9-14H2,1H3. The van der Waals surface area contributed by atoms with E-state index >= 15 is 0 Å². The summed E-state index contributed by atoms with van der Waals surface area (Å²) in [5.41, 5.74) is 1.20. The van der Waals surface area contributed by atoms with Crippen LogP contribution in [0, 0.1) is 6.92 Å². The van der Waals surface area contributed by atoms with Gasteiger partial charge in [0.15, 0.2) is 0 Å². The summed E-state index contributed by atoms with van der Waals surface area (Å²) in [5.74, 6) is 2.01. The molecule has 5 heteroatoms. The molecule has 0 spiro atoms. The van der Waals surface area contributed by atoms with Crippen molar-refractivity contribution in [3.05, 3.63) is 53.2 Å². The van der Waals surface area contributed by atoms with Gasteiger partial charge in [-0.3, -0.25) is 4.90 Å². The summed E-state index contributed by atoms with van der Waals surface area (Å²) >= 11 is 5.90. The molecule has 0 radical (unpaired) electrons. The van der Waals surface area contributed by atoms with Gasteiger partial charge in [0.25, 0.3) is 0 Å². The van der Waals surface area contributed by atoms with Crippen molar-refractivity contribution < 1.29 is 4.74 Å². The maximum absolute atomic E-state index is 5.90. The molecule has 0 saturated carbocycles. The number of aryl methyl sites for hydroxylation is 1. The maximum atomic E-state index is 5.90. The zero-order valence-corrected chi connectivity index (χ0v) is 14.9. The van der Waals surface area contributed by atoms with Crippen LogP contribution in [0.4, 0.5) is 5.82 Å². The number of hydrogen-bond acceptors (Lipinski definition) is 4. The fourth-order valence-corrected chi connectivity index (χ4v) is 3.06. The van der Waals surface area contributed by atoms with E-state index in [-0.39, 0.29) is 0 Å². The van der Waals surface area contributed by atoms with Gasteiger partial charge in [0, 0.05) is 38.9 Å². The molecular weight excluding hydrogens is 322 g/mol. The van der Waals surface area contributed by atoms with Gasteiger partial charge in [-0.1, -0.05) is 29.8 Å². The summed E-state index contributed by atoms with van der Waals surface area (Å²) in [6, 6.07) is 12.1. The lowest BCUT2D eigenvalue weighted by Gasteiger charge is -2.35. The first kappa shape index (κ1) is 17.1. The Morgan fingerprint density at radius 3 is 2.58 bits per heavy atom. The van der Waals surface area contributed by atoms with Crippen molar-refractivity contribution in [3.8, 4) is 5.75 Å². The Bertz CT molecular complexity index is 639. The number of nitrogens with zero attached hydrogens (tertiary/aromatic N) is 3. The van der Waals surface area contributed by atoms with Gasteiger partial charge in [-0.05, 0) is 37.1 Å². The van der Waals surface area contributed by atoms with Gasteiger partial charge in [0.2, 0.25) is 0 Å². The Morgan fingerprint density at radius 1 is 1.08 bits per heavy atom. The van der Waals surface area contributed by atoms with Crippen LogP contribution in [0.1, 0.15) is 12.0 Å². The molecule has 1 saturated heterocycles. The first-order chi connectivity index (χ1) is 11.7. The minimum Gasteiger partial charge on any atom is -0.493 e. The first-order valence-electron chi connectivity index (χ1n) is 8.50. The van der Waals surface area contributed by atoms with Gasteiger partial charge in [0.1, 0.15) is 11.6 Å². The van der Waals surface area contributed by atoms with E-state index in [1.807, 2.05) is 30.3 Å². The number of ether oxygens (including phenoxy) is 1. The van der Waals surface area contributed by atoms with Crippen molar-refractivity contribution in [1.82, 2.24) is 9.88 Å². The number of hydrogen-bond donors (Lipinski definition) is 0. The maximum Gasteiger partial charge on any atom is 0.128 e. The second-order valence-electron chi connectivity index (χ2n) is 6.13. The van der Waals surface area contributed by atoms with Crippen LogP contribution in [0.15, 0.2) is 42.6 Å². The molecule has 3 rings (SSSR count). The number of rotatable bonds is 6. The lowest BCUT2D eigenvalue weighted by molar-refractivity contribution is 0.224. The molecule has 2 aromatic rings. The van der Waals surface area contributed by atoms with Gasteiger partial charge >= 0.3 is 0 Å². The molecule has 0 unspecified atom stereocenters. The fraction of sp³-hybridized carbons (Fsp3) is 0.421. The number of para-hydroxylation sites is 1. The topological polar surface area (TPSA) is 28.6 Å². The number of benzene rings is 1. The highest BCUT2D eigenvalue weighted by atomic mass is 35.5. The third kappa shape index (κ3) is 4.62. The van der Waals surface area contributed by atoms with Crippen molar-refractivity contribution in [2.45, 2.75) is 13.3 Å². The van der Waals surface area contributed by atoms with E-state index in [1.54, 1.807) is 6.20 Å². The van der Waals surface area contributed by atoms with Crippen molar-refractivity contribution >= 4 is 17.4 Å². The fourth-order valence-electron chi connectivity index (χ4n) is 2.94. The Hall–Kier alpha value is -1.78. The summed E-state index contributed by atoms with van der Waals surface area (Å²) < 4.78 is 5.87. The predicted octanol–water partition coefficient (Wildman–Crippen LogP) is 3.63. The lowest BCUT2D eigenvalue weighted by Crippen LogP contribution is -2.47. The summed E-state index contributed by atoms with van der Waals surface area (Å²) in [5, 5.41) is 0.686. The van der Waals surface area contributed by atoms with Gasteiger partial charge < -0.3 is 9.64 Å². The minimum atomic E-state index is 0.686. The predicted molar refractivity (Wildman–Crippen MR) is 99.2 cm³/mol.